The molecule has 0 saturated carbocycles. The Labute approximate surface area is 117 Å². The summed E-state index contributed by atoms with van der Waals surface area (Å²) < 4.78 is 2.23. The normalized spacial score (nSPS) is 18.3. The summed E-state index contributed by atoms with van der Waals surface area (Å²) in [5.41, 5.74) is 1.28. The van der Waals surface area contributed by atoms with E-state index in [2.05, 4.69) is 40.5 Å². The second-order valence-electron chi connectivity index (χ2n) is 6.13. The highest BCUT2D eigenvalue weighted by Gasteiger charge is 2.14. The molecule has 0 radical (unpaired) electrons. The summed E-state index contributed by atoms with van der Waals surface area (Å²) in [5, 5.41) is 3.57. The van der Waals surface area contributed by atoms with Crippen LogP contribution in [0.15, 0.2) is 12.5 Å². The van der Waals surface area contributed by atoms with Gasteiger partial charge in [0.25, 0.3) is 0 Å². The summed E-state index contributed by atoms with van der Waals surface area (Å²) >= 11 is 0. The zero-order chi connectivity index (χ0) is 13.7. The van der Waals surface area contributed by atoms with Gasteiger partial charge < -0.3 is 14.8 Å². The molecule has 4 nitrogen and oxygen atoms in total. The van der Waals surface area contributed by atoms with Crippen molar-refractivity contribution in [1.29, 1.82) is 0 Å². The van der Waals surface area contributed by atoms with Crippen LogP contribution in [-0.4, -0.2) is 40.6 Å². The van der Waals surface area contributed by atoms with Gasteiger partial charge >= 0.3 is 0 Å². The number of likely N-dealkylation sites (tertiary alicyclic amines) is 1. The molecule has 1 saturated heterocycles. The van der Waals surface area contributed by atoms with Crippen molar-refractivity contribution in [2.75, 3.05) is 26.2 Å². The number of nitrogens with zero attached hydrogens (tertiary/aromatic N) is 3. The van der Waals surface area contributed by atoms with E-state index in [1.54, 1.807) is 0 Å². The maximum atomic E-state index is 4.24. The van der Waals surface area contributed by atoms with E-state index in [0.717, 1.165) is 13.1 Å². The van der Waals surface area contributed by atoms with Crippen LogP contribution in [-0.2, 0) is 6.54 Å². The molecular formula is C15H28N4. The van der Waals surface area contributed by atoms with Crippen molar-refractivity contribution in [3.63, 3.8) is 0 Å². The van der Waals surface area contributed by atoms with Crippen LogP contribution in [0.3, 0.4) is 0 Å². The second kappa shape index (κ2) is 7.06. The number of hydrogen-bond acceptors (Lipinski definition) is 3. The molecular weight excluding hydrogens is 236 g/mol. The molecule has 4 heteroatoms. The van der Waals surface area contributed by atoms with Gasteiger partial charge in [0.15, 0.2) is 0 Å². The van der Waals surface area contributed by atoms with E-state index in [1.165, 1.54) is 38.2 Å². The lowest BCUT2D eigenvalue weighted by atomic mass is 10.1. The summed E-state index contributed by atoms with van der Waals surface area (Å²) in [7, 11) is 0. The Hall–Kier alpha value is -0.870. The van der Waals surface area contributed by atoms with Crippen LogP contribution in [0, 0.1) is 5.92 Å². The molecule has 0 spiro atoms. The van der Waals surface area contributed by atoms with Crippen LogP contribution in [0.2, 0.25) is 0 Å². The predicted octanol–water partition coefficient (Wildman–Crippen LogP) is 2.29. The molecule has 0 aromatic carbocycles. The molecule has 1 aliphatic rings. The number of imidazole rings is 1. The summed E-state index contributed by atoms with van der Waals surface area (Å²) in [6.07, 6.45) is 6.66. The average Bonchev–Trinajstić information content (AvgIpc) is 2.99. The number of aromatic nitrogens is 2. The van der Waals surface area contributed by atoms with Crippen LogP contribution in [0.1, 0.15) is 45.3 Å². The third-order valence-corrected chi connectivity index (χ3v) is 3.87. The summed E-state index contributed by atoms with van der Waals surface area (Å²) in [4.78, 5) is 6.83. The van der Waals surface area contributed by atoms with Gasteiger partial charge in [-0.2, -0.15) is 0 Å². The average molecular weight is 264 g/mol. The van der Waals surface area contributed by atoms with Gasteiger partial charge in [-0.1, -0.05) is 6.92 Å². The van der Waals surface area contributed by atoms with Gasteiger partial charge in [-0.15, -0.1) is 0 Å². The molecule has 1 aromatic rings. The topological polar surface area (TPSA) is 33.1 Å². The molecule has 1 aliphatic heterocycles. The first-order valence-corrected chi connectivity index (χ1v) is 7.60. The highest BCUT2D eigenvalue weighted by atomic mass is 15.1. The smallest absolute Gasteiger partial charge is 0.0951 e. The van der Waals surface area contributed by atoms with Crippen molar-refractivity contribution < 1.29 is 0 Å². The van der Waals surface area contributed by atoms with Gasteiger partial charge in [0.1, 0.15) is 0 Å². The monoisotopic (exact) mass is 264 g/mol. The first-order chi connectivity index (χ1) is 9.16. The highest BCUT2D eigenvalue weighted by Crippen LogP contribution is 2.11. The fraction of sp³-hybridized carbons (Fsp3) is 0.800. The van der Waals surface area contributed by atoms with Crippen LogP contribution >= 0.6 is 0 Å². The number of rotatable bonds is 7. The van der Waals surface area contributed by atoms with E-state index < -0.39 is 0 Å². The summed E-state index contributed by atoms with van der Waals surface area (Å²) in [5.74, 6) is 0.716. The molecule has 0 bridgehead atoms. The van der Waals surface area contributed by atoms with Crippen molar-refractivity contribution in [3.8, 4) is 0 Å². The lowest BCUT2D eigenvalue weighted by molar-refractivity contribution is 0.282. The van der Waals surface area contributed by atoms with Crippen LogP contribution in [0.25, 0.3) is 0 Å². The standard InChI is InChI=1S/C15H28N4/c1-13(2)19-12-17-10-15(19)9-16-8-14(3)11-18-6-4-5-7-18/h10,12-14,16H,4-9,11H2,1-3H3. The second-order valence-corrected chi connectivity index (χ2v) is 6.13. The Morgan fingerprint density at radius 1 is 1.26 bits per heavy atom. The Morgan fingerprint density at radius 3 is 2.68 bits per heavy atom. The van der Waals surface area contributed by atoms with Crippen LogP contribution < -0.4 is 5.32 Å². The minimum Gasteiger partial charge on any atom is -0.331 e. The lowest BCUT2D eigenvalue weighted by Crippen LogP contribution is -2.31. The van der Waals surface area contributed by atoms with E-state index in [9.17, 15) is 0 Å². The summed E-state index contributed by atoms with van der Waals surface area (Å²) in [6, 6.07) is 0.487. The Morgan fingerprint density at radius 2 is 2.00 bits per heavy atom. The van der Waals surface area contributed by atoms with Crippen molar-refractivity contribution in [2.24, 2.45) is 5.92 Å². The molecule has 0 aliphatic carbocycles. The molecule has 19 heavy (non-hydrogen) atoms. The minimum atomic E-state index is 0.487. The fourth-order valence-corrected chi connectivity index (χ4v) is 2.85. The lowest BCUT2D eigenvalue weighted by Gasteiger charge is -2.20. The fourth-order valence-electron chi connectivity index (χ4n) is 2.85. The summed E-state index contributed by atoms with van der Waals surface area (Å²) in [6.45, 7) is 12.6. The molecule has 1 fully saturated rings. The number of hydrogen-bond donors (Lipinski definition) is 1. The van der Waals surface area contributed by atoms with E-state index in [4.69, 9.17) is 0 Å². The van der Waals surface area contributed by atoms with E-state index in [-0.39, 0.29) is 0 Å². The van der Waals surface area contributed by atoms with Gasteiger partial charge in [0, 0.05) is 25.3 Å². The van der Waals surface area contributed by atoms with Crippen molar-refractivity contribution in [1.82, 2.24) is 19.8 Å². The predicted molar refractivity (Wildman–Crippen MR) is 79.2 cm³/mol. The zero-order valence-electron chi connectivity index (χ0n) is 12.6. The minimum absolute atomic E-state index is 0.487. The Kier molecular flexibility index (Phi) is 5.40. The van der Waals surface area contributed by atoms with Gasteiger partial charge in [-0.05, 0) is 52.2 Å². The van der Waals surface area contributed by atoms with Gasteiger partial charge in [0.05, 0.1) is 12.0 Å². The maximum absolute atomic E-state index is 4.24. The molecule has 0 amide bonds. The molecule has 1 atom stereocenters. The van der Waals surface area contributed by atoms with E-state index in [0.29, 0.717) is 12.0 Å². The van der Waals surface area contributed by atoms with Crippen LogP contribution in [0.4, 0.5) is 0 Å². The molecule has 108 valence electrons. The van der Waals surface area contributed by atoms with E-state index in [1.807, 2.05) is 12.5 Å². The van der Waals surface area contributed by atoms with Gasteiger partial charge in [-0.3, -0.25) is 0 Å². The highest BCUT2D eigenvalue weighted by molar-refractivity contribution is 4.99. The molecule has 2 heterocycles. The third-order valence-electron chi connectivity index (χ3n) is 3.87. The van der Waals surface area contributed by atoms with Crippen molar-refractivity contribution in [2.45, 2.75) is 46.2 Å². The SMILES string of the molecule is CC(CNCc1cncn1C(C)C)CN1CCCC1. The Bertz CT molecular complexity index is 366. The van der Waals surface area contributed by atoms with Crippen molar-refractivity contribution in [3.05, 3.63) is 18.2 Å². The maximum Gasteiger partial charge on any atom is 0.0951 e. The molecule has 1 aromatic heterocycles. The largest absolute Gasteiger partial charge is 0.331 e. The molecule has 1 unspecified atom stereocenters. The Balaban J connectivity index is 1.69. The third kappa shape index (κ3) is 4.32. The van der Waals surface area contributed by atoms with Gasteiger partial charge in [-0.25, -0.2) is 4.98 Å². The zero-order valence-corrected chi connectivity index (χ0v) is 12.6. The number of nitrogens with one attached hydrogen (secondary N) is 1. The van der Waals surface area contributed by atoms with Crippen molar-refractivity contribution >= 4 is 0 Å². The first-order valence-electron chi connectivity index (χ1n) is 7.60. The van der Waals surface area contributed by atoms with E-state index >= 15 is 0 Å². The molecule has 2 rings (SSSR count). The van der Waals surface area contributed by atoms with Gasteiger partial charge in [0.2, 0.25) is 0 Å². The quantitative estimate of drug-likeness (QED) is 0.820. The molecule has 1 N–H and O–H groups in total. The van der Waals surface area contributed by atoms with Crippen LogP contribution in [0.5, 0.6) is 0 Å². The first kappa shape index (κ1) is 14.5.